The molecular weight excluding hydrogens is 316 g/mol. The number of nitriles is 1. The molecule has 1 unspecified atom stereocenters. The number of carbonyl (C=O) groups is 1. The maximum Gasteiger partial charge on any atom is 0.266 e. The number of aromatic amines is 1. The van der Waals surface area contributed by atoms with E-state index in [-0.39, 0.29) is 35.5 Å². The molecule has 1 amide bonds. The van der Waals surface area contributed by atoms with E-state index in [0.29, 0.717) is 24.9 Å². The highest BCUT2D eigenvalue weighted by Crippen LogP contribution is 2.20. The summed E-state index contributed by atoms with van der Waals surface area (Å²) in [6.45, 7) is 4.84. The van der Waals surface area contributed by atoms with Gasteiger partial charge in [0.2, 0.25) is 5.91 Å². The summed E-state index contributed by atoms with van der Waals surface area (Å²) in [6, 6.07) is 2.09. The highest BCUT2D eigenvalue weighted by atomic mass is 35.5. The van der Waals surface area contributed by atoms with Gasteiger partial charge >= 0.3 is 0 Å². The summed E-state index contributed by atoms with van der Waals surface area (Å²) in [6.07, 6.45) is 2.87. The van der Waals surface area contributed by atoms with Gasteiger partial charge in [-0.2, -0.15) is 5.26 Å². The highest BCUT2D eigenvalue weighted by Gasteiger charge is 2.27. The third-order valence-electron chi connectivity index (χ3n) is 4.48. The quantitative estimate of drug-likeness (QED) is 0.859. The van der Waals surface area contributed by atoms with Gasteiger partial charge in [-0.3, -0.25) is 9.59 Å². The van der Waals surface area contributed by atoms with Crippen LogP contribution in [0.3, 0.4) is 0 Å². The lowest BCUT2D eigenvalue weighted by Crippen LogP contribution is -2.40. The van der Waals surface area contributed by atoms with Crippen LogP contribution in [0.2, 0.25) is 0 Å². The van der Waals surface area contributed by atoms with Crippen molar-refractivity contribution in [2.75, 3.05) is 13.1 Å². The van der Waals surface area contributed by atoms with Crippen LogP contribution in [0.5, 0.6) is 0 Å². The van der Waals surface area contributed by atoms with Crippen molar-refractivity contribution in [2.45, 2.75) is 45.6 Å². The molecule has 1 aromatic heterocycles. The molecule has 7 heteroatoms. The number of hydrogen-bond acceptors (Lipinski definition) is 4. The number of hydrogen-bond donors (Lipinski definition) is 2. The fourth-order valence-corrected chi connectivity index (χ4v) is 3.20. The summed E-state index contributed by atoms with van der Waals surface area (Å²) in [5, 5.41) is 9.07. The van der Waals surface area contributed by atoms with Crippen LogP contribution in [-0.2, 0) is 11.2 Å². The van der Waals surface area contributed by atoms with Crippen LogP contribution < -0.4 is 11.3 Å². The molecule has 2 rings (SSSR count). The summed E-state index contributed by atoms with van der Waals surface area (Å²) in [5.41, 5.74) is 7.75. The number of nitrogens with one attached hydrogen (secondary N) is 1. The van der Waals surface area contributed by atoms with Crippen LogP contribution in [0.25, 0.3) is 0 Å². The Kier molecular flexibility index (Phi) is 6.79. The number of aryl methyl sites for hydroxylation is 1. The molecule has 1 aromatic rings. The molecule has 1 saturated heterocycles. The van der Waals surface area contributed by atoms with Gasteiger partial charge in [0.1, 0.15) is 11.6 Å². The van der Waals surface area contributed by atoms with Gasteiger partial charge in [0, 0.05) is 31.2 Å². The van der Waals surface area contributed by atoms with E-state index in [9.17, 15) is 9.59 Å². The van der Waals surface area contributed by atoms with Crippen LogP contribution in [0, 0.1) is 25.2 Å². The van der Waals surface area contributed by atoms with Crippen molar-refractivity contribution >= 4 is 18.3 Å². The average molecular weight is 339 g/mol. The molecule has 0 radical (unpaired) electrons. The molecule has 126 valence electrons. The zero-order chi connectivity index (χ0) is 16.3. The lowest BCUT2D eigenvalue weighted by molar-refractivity contribution is -0.131. The molecule has 1 aliphatic rings. The van der Waals surface area contributed by atoms with Gasteiger partial charge in [-0.05, 0) is 44.2 Å². The highest BCUT2D eigenvalue weighted by molar-refractivity contribution is 5.85. The number of likely N-dealkylation sites (tertiary alicyclic amines) is 1. The van der Waals surface area contributed by atoms with Gasteiger partial charge in [-0.25, -0.2) is 0 Å². The first kappa shape index (κ1) is 19.2. The van der Waals surface area contributed by atoms with Crippen molar-refractivity contribution in [2.24, 2.45) is 5.73 Å². The van der Waals surface area contributed by atoms with E-state index in [2.05, 4.69) is 4.98 Å². The van der Waals surface area contributed by atoms with Crippen molar-refractivity contribution in [3.05, 3.63) is 32.7 Å². The molecule has 0 spiro atoms. The van der Waals surface area contributed by atoms with Crippen LogP contribution in [0.4, 0.5) is 0 Å². The number of H-pyrrole nitrogens is 1. The first-order valence-electron chi connectivity index (χ1n) is 7.61. The molecule has 0 aliphatic carbocycles. The predicted octanol–water partition coefficient (Wildman–Crippen LogP) is 1.17. The number of aromatic nitrogens is 1. The maximum atomic E-state index is 12.4. The van der Waals surface area contributed by atoms with E-state index in [1.807, 2.05) is 11.0 Å². The van der Waals surface area contributed by atoms with E-state index in [1.54, 1.807) is 13.8 Å². The predicted molar refractivity (Wildman–Crippen MR) is 90.6 cm³/mol. The minimum atomic E-state index is -0.365. The molecule has 0 aromatic carbocycles. The Labute approximate surface area is 142 Å². The SMILES string of the molecule is Cc1[nH]c(=O)c(C#N)c(C)c1CCC(=O)N1CCCC1CN.Cl. The van der Waals surface area contributed by atoms with Crippen LogP contribution >= 0.6 is 12.4 Å². The van der Waals surface area contributed by atoms with E-state index in [4.69, 9.17) is 11.0 Å². The monoisotopic (exact) mass is 338 g/mol. The normalized spacial score (nSPS) is 16.8. The average Bonchev–Trinajstić information content (AvgIpc) is 2.95. The number of rotatable bonds is 4. The summed E-state index contributed by atoms with van der Waals surface area (Å²) in [4.78, 5) is 28.6. The topological polar surface area (TPSA) is 103 Å². The summed E-state index contributed by atoms with van der Waals surface area (Å²) < 4.78 is 0. The smallest absolute Gasteiger partial charge is 0.266 e. The summed E-state index contributed by atoms with van der Waals surface area (Å²) in [5.74, 6) is 0.0939. The minimum absolute atomic E-state index is 0. The van der Waals surface area contributed by atoms with Crippen molar-refractivity contribution in [3.63, 3.8) is 0 Å². The molecule has 0 saturated carbocycles. The van der Waals surface area contributed by atoms with Gasteiger partial charge in [-0.1, -0.05) is 0 Å². The number of carbonyl (C=O) groups excluding carboxylic acids is 1. The number of pyridine rings is 1. The van der Waals surface area contributed by atoms with Crippen molar-refractivity contribution in [1.82, 2.24) is 9.88 Å². The first-order valence-corrected chi connectivity index (χ1v) is 7.61. The Morgan fingerprint density at radius 2 is 2.17 bits per heavy atom. The number of halogens is 1. The van der Waals surface area contributed by atoms with Gasteiger partial charge in [0.15, 0.2) is 0 Å². The summed E-state index contributed by atoms with van der Waals surface area (Å²) in [7, 11) is 0. The third kappa shape index (κ3) is 3.92. The Bertz CT molecular complexity index is 678. The molecule has 6 nitrogen and oxygen atoms in total. The molecule has 1 fully saturated rings. The second-order valence-corrected chi connectivity index (χ2v) is 5.79. The zero-order valence-electron chi connectivity index (χ0n) is 13.5. The second kappa shape index (κ2) is 8.14. The lowest BCUT2D eigenvalue weighted by Gasteiger charge is -2.23. The fraction of sp³-hybridized carbons (Fsp3) is 0.562. The molecule has 0 bridgehead atoms. The largest absolute Gasteiger partial charge is 0.338 e. The van der Waals surface area contributed by atoms with E-state index < -0.39 is 0 Å². The molecule has 2 heterocycles. The summed E-state index contributed by atoms with van der Waals surface area (Å²) >= 11 is 0. The maximum absolute atomic E-state index is 12.4. The third-order valence-corrected chi connectivity index (χ3v) is 4.48. The van der Waals surface area contributed by atoms with Crippen LogP contribution in [0.1, 0.15) is 41.6 Å². The Morgan fingerprint density at radius 1 is 1.48 bits per heavy atom. The van der Waals surface area contributed by atoms with Gasteiger partial charge in [0.05, 0.1) is 0 Å². The second-order valence-electron chi connectivity index (χ2n) is 5.79. The molecule has 3 N–H and O–H groups in total. The van der Waals surface area contributed by atoms with E-state index in [0.717, 1.165) is 30.6 Å². The molecule has 1 atom stereocenters. The number of nitrogens with two attached hydrogens (primary N) is 1. The fourth-order valence-electron chi connectivity index (χ4n) is 3.20. The van der Waals surface area contributed by atoms with Crippen molar-refractivity contribution in [1.29, 1.82) is 5.26 Å². The van der Waals surface area contributed by atoms with E-state index in [1.165, 1.54) is 0 Å². The molecule has 23 heavy (non-hydrogen) atoms. The van der Waals surface area contributed by atoms with Gasteiger partial charge in [-0.15, -0.1) is 12.4 Å². The lowest BCUT2D eigenvalue weighted by atomic mass is 9.99. The molecule has 1 aliphatic heterocycles. The standard InChI is InChI=1S/C16H22N4O2.ClH/c1-10-13(11(2)19-16(22)14(10)9-18)5-6-15(21)20-7-3-4-12(20)8-17;/h12H,3-8,17H2,1-2H3,(H,19,22);1H. The van der Waals surface area contributed by atoms with Crippen LogP contribution in [0.15, 0.2) is 4.79 Å². The van der Waals surface area contributed by atoms with Gasteiger partial charge in [0.25, 0.3) is 5.56 Å². The Balaban J connectivity index is 0.00000264. The van der Waals surface area contributed by atoms with Crippen molar-refractivity contribution in [3.8, 4) is 6.07 Å². The minimum Gasteiger partial charge on any atom is -0.338 e. The Hall–Kier alpha value is -1.84. The van der Waals surface area contributed by atoms with Gasteiger partial charge < -0.3 is 15.6 Å². The number of amides is 1. The first-order chi connectivity index (χ1) is 10.5. The zero-order valence-corrected chi connectivity index (χ0v) is 14.3. The molecular formula is C16H23ClN4O2. The van der Waals surface area contributed by atoms with Crippen LogP contribution in [-0.4, -0.2) is 34.9 Å². The Morgan fingerprint density at radius 3 is 2.78 bits per heavy atom. The van der Waals surface area contributed by atoms with E-state index >= 15 is 0 Å². The van der Waals surface area contributed by atoms with Crippen molar-refractivity contribution < 1.29 is 4.79 Å². The number of nitrogens with zero attached hydrogens (tertiary/aromatic N) is 2.